The molecule has 0 spiro atoms. The third-order valence-electron chi connectivity index (χ3n) is 5.58. The molecule has 2 heterocycles. The van der Waals surface area contributed by atoms with Crippen molar-refractivity contribution in [3.8, 4) is 5.69 Å². The molecule has 2 aromatic carbocycles. The molecule has 0 saturated carbocycles. The number of hydrogen-bond donors (Lipinski definition) is 1. The average molecular weight is 434 g/mol. The lowest BCUT2D eigenvalue weighted by atomic mass is 9.95. The zero-order valence-electron chi connectivity index (χ0n) is 17.6. The van der Waals surface area contributed by atoms with Crippen LogP contribution in [0.3, 0.4) is 0 Å². The Morgan fingerprint density at radius 2 is 1.75 bits per heavy atom. The number of carbonyl (C=O) groups excluding carboxylic acids is 2. The van der Waals surface area contributed by atoms with Crippen LogP contribution in [0.25, 0.3) is 5.69 Å². The number of rotatable bonds is 5. The molecule has 4 rings (SSSR count). The van der Waals surface area contributed by atoms with Gasteiger partial charge in [0.1, 0.15) is 11.6 Å². The maximum atomic E-state index is 13.2. The van der Waals surface area contributed by atoms with E-state index < -0.39 is 0 Å². The third-order valence-corrected chi connectivity index (χ3v) is 5.58. The molecule has 7 nitrogen and oxygen atoms in total. The lowest BCUT2D eigenvalue weighted by Crippen LogP contribution is -2.39. The fourth-order valence-corrected chi connectivity index (χ4v) is 3.77. The highest BCUT2D eigenvalue weighted by atomic mass is 19.1. The summed E-state index contributed by atoms with van der Waals surface area (Å²) in [5.41, 5.74) is 1.35. The van der Waals surface area contributed by atoms with Gasteiger partial charge >= 0.3 is 0 Å². The Bertz CT molecular complexity index is 1200. The monoisotopic (exact) mass is 434 g/mol. The van der Waals surface area contributed by atoms with Crippen molar-refractivity contribution in [3.63, 3.8) is 0 Å². The lowest BCUT2D eigenvalue weighted by Gasteiger charge is -2.32. The highest BCUT2D eigenvalue weighted by molar-refractivity contribution is 5.97. The van der Waals surface area contributed by atoms with E-state index in [1.807, 2.05) is 4.90 Å². The Kier molecular flexibility index (Phi) is 6.11. The summed E-state index contributed by atoms with van der Waals surface area (Å²) in [6.07, 6.45) is 1.27. The van der Waals surface area contributed by atoms with E-state index in [2.05, 4.69) is 10.4 Å². The Morgan fingerprint density at radius 3 is 2.44 bits per heavy atom. The van der Waals surface area contributed by atoms with Gasteiger partial charge in [-0.25, -0.2) is 4.39 Å². The molecule has 0 radical (unpaired) electrons. The fraction of sp³-hybridized carbons (Fsp3) is 0.250. The fourth-order valence-electron chi connectivity index (χ4n) is 3.77. The van der Waals surface area contributed by atoms with Gasteiger partial charge in [0.15, 0.2) is 5.78 Å². The van der Waals surface area contributed by atoms with Crippen molar-refractivity contribution < 1.29 is 14.0 Å². The van der Waals surface area contributed by atoms with Crippen LogP contribution in [0.4, 0.5) is 15.9 Å². The first-order valence-electron chi connectivity index (χ1n) is 10.4. The molecule has 1 aliphatic rings. The Hall–Kier alpha value is -3.81. The molecule has 3 aromatic rings. The molecule has 0 bridgehead atoms. The van der Waals surface area contributed by atoms with Gasteiger partial charge < -0.3 is 10.2 Å². The van der Waals surface area contributed by atoms with Gasteiger partial charge in [0, 0.05) is 36.3 Å². The number of nitrogens with one attached hydrogen (secondary N) is 1. The minimum absolute atomic E-state index is 0.0520. The van der Waals surface area contributed by atoms with Gasteiger partial charge in [0.05, 0.1) is 5.69 Å². The number of piperidine rings is 1. The smallest absolute Gasteiger partial charge is 0.271 e. The van der Waals surface area contributed by atoms with E-state index in [4.69, 9.17) is 0 Å². The molecule has 1 aliphatic heterocycles. The number of amides is 1. The summed E-state index contributed by atoms with van der Waals surface area (Å²) < 4.78 is 14.4. The van der Waals surface area contributed by atoms with Crippen LogP contribution in [0.15, 0.2) is 65.5 Å². The number of halogens is 1. The van der Waals surface area contributed by atoms with Gasteiger partial charge in [0.2, 0.25) is 5.91 Å². The first-order valence-corrected chi connectivity index (χ1v) is 10.4. The molecule has 0 unspecified atom stereocenters. The second-order valence-electron chi connectivity index (χ2n) is 7.81. The van der Waals surface area contributed by atoms with Crippen LogP contribution >= 0.6 is 0 Å². The first kappa shape index (κ1) is 21.4. The van der Waals surface area contributed by atoms with Gasteiger partial charge in [0.25, 0.3) is 5.56 Å². The molecule has 8 heteroatoms. The van der Waals surface area contributed by atoms with Crippen LogP contribution in [0.5, 0.6) is 0 Å². The number of nitrogens with zero attached hydrogens (tertiary/aromatic N) is 3. The molecule has 1 aromatic heterocycles. The number of ketones is 1. The quantitative estimate of drug-likeness (QED) is 0.622. The molecule has 1 amide bonds. The highest BCUT2D eigenvalue weighted by Gasteiger charge is 2.26. The number of benzene rings is 2. The van der Waals surface area contributed by atoms with E-state index in [-0.39, 0.29) is 29.0 Å². The normalized spacial score (nSPS) is 14.2. The summed E-state index contributed by atoms with van der Waals surface area (Å²) in [6, 6.07) is 15.6. The SMILES string of the molecule is CC(=O)c1cccc(NC(=O)C2CCN(c3ccc(=O)n(-c4ccc(F)cc4)n3)CC2)c1. The predicted molar refractivity (Wildman–Crippen MR) is 120 cm³/mol. The predicted octanol–water partition coefficient (Wildman–Crippen LogP) is 3.43. The van der Waals surface area contributed by atoms with E-state index >= 15 is 0 Å². The molecule has 32 heavy (non-hydrogen) atoms. The maximum Gasteiger partial charge on any atom is 0.271 e. The molecule has 0 atom stereocenters. The minimum Gasteiger partial charge on any atom is -0.355 e. The van der Waals surface area contributed by atoms with Crippen molar-refractivity contribution in [1.82, 2.24) is 9.78 Å². The zero-order valence-corrected chi connectivity index (χ0v) is 17.6. The summed E-state index contributed by atoms with van der Waals surface area (Å²) in [7, 11) is 0. The number of Topliss-reactive ketones (excluding diaryl/α,β-unsaturated/α-hetero) is 1. The Morgan fingerprint density at radius 1 is 1.03 bits per heavy atom. The Labute approximate surface area is 184 Å². The van der Waals surface area contributed by atoms with Gasteiger partial charge in [-0.05, 0) is 62.2 Å². The molecule has 1 N–H and O–H groups in total. The van der Waals surface area contributed by atoms with E-state index in [1.54, 1.807) is 30.3 Å². The summed E-state index contributed by atoms with van der Waals surface area (Å²) in [4.78, 5) is 38.5. The van der Waals surface area contributed by atoms with Gasteiger partial charge in [-0.2, -0.15) is 4.68 Å². The summed E-state index contributed by atoms with van der Waals surface area (Å²) in [5, 5.41) is 7.34. The standard InChI is InChI=1S/C24H23FN4O3/c1-16(30)18-3-2-4-20(15-18)26-24(32)17-11-13-28(14-12-17)22-9-10-23(31)29(27-22)21-7-5-19(25)6-8-21/h2-10,15,17H,11-14H2,1H3,(H,26,32). The summed E-state index contributed by atoms with van der Waals surface area (Å²) in [5.74, 6) is -0.0398. The van der Waals surface area contributed by atoms with Crippen molar-refractivity contribution >= 4 is 23.2 Å². The highest BCUT2D eigenvalue weighted by Crippen LogP contribution is 2.23. The molecule has 1 fully saturated rings. The van der Waals surface area contributed by atoms with Crippen LogP contribution in [0, 0.1) is 11.7 Å². The number of carbonyl (C=O) groups is 2. The average Bonchev–Trinajstić information content (AvgIpc) is 2.80. The van der Waals surface area contributed by atoms with Crippen molar-refractivity contribution in [2.75, 3.05) is 23.3 Å². The van der Waals surface area contributed by atoms with E-state index in [1.165, 1.54) is 41.9 Å². The molecule has 0 aliphatic carbocycles. The van der Waals surface area contributed by atoms with E-state index in [0.29, 0.717) is 48.7 Å². The molecule has 1 saturated heterocycles. The topological polar surface area (TPSA) is 84.3 Å². The minimum atomic E-state index is -0.383. The zero-order chi connectivity index (χ0) is 22.7. The molecular formula is C24H23FN4O3. The van der Waals surface area contributed by atoms with Crippen LogP contribution in [-0.4, -0.2) is 34.6 Å². The van der Waals surface area contributed by atoms with Crippen molar-refractivity contribution in [3.05, 3.63) is 82.4 Å². The molecular weight excluding hydrogens is 411 g/mol. The largest absolute Gasteiger partial charge is 0.355 e. The van der Waals surface area contributed by atoms with Gasteiger partial charge in [-0.1, -0.05) is 12.1 Å². The number of anilines is 2. The summed E-state index contributed by atoms with van der Waals surface area (Å²) in [6.45, 7) is 2.71. The van der Waals surface area contributed by atoms with Crippen molar-refractivity contribution in [2.24, 2.45) is 5.92 Å². The van der Waals surface area contributed by atoms with Crippen LogP contribution < -0.4 is 15.8 Å². The maximum absolute atomic E-state index is 13.2. The second kappa shape index (κ2) is 9.13. The molecule has 164 valence electrons. The van der Waals surface area contributed by atoms with Gasteiger partial charge in [-0.15, -0.1) is 5.10 Å². The van der Waals surface area contributed by atoms with Crippen molar-refractivity contribution in [1.29, 1.82) is 0 Å². The van der Waals surface area contributed by atoms with Crippen molar-refractivity contribution in [2.45, 2.75) is 19.8 Å². The Balaban J connectivity index is 1.41. The van der Waals surface area contributed by atoms with E-state index in [9.17, 15) is 18.8 Å². The summed E-state index contributed by atoms with van der Waals surface area (Å²) >= 11 is 0. The van der Waals surface area contributed by atoms with E-state index in [0.717, 1.165) is 0 Å². The first-order chi connectivity index (χ1) is 15.4. The van der Waals surface area contributed by atoms with Crippen LogP contribution in [0.2, 0.25) is 0 Å². The van der Waals surface area contributed by atoms with Crippen LogP contribution in [-0.2, 0) is 4.79 Å². The number of hydrogen-bond acceptors (Lipinski definition) is 5. The lowest BCUT2D eigenvalue weighted by molar-refractivity contribution is -0.120. The number of aromatic nitrogens is 2. The van der Waals surface area contributed by atoms with Crippen LogP contribution in [0.1, 0.15) is 30.1 Å². The van der Waals surface area contributed by atoms with Gasteiger partial charge in [-0.3, -0.25) is 14.4 Å². The third kappa shape index (κ3) is 4.74. The second-order valence-corrected chi connectivity index (χ2v) is 7.81.